The first kappa shape index (κ1) is 14.2. The molecule has 0 atom stereocenters. The SMILES string of the molecule is Cc1cc(C(=O)Nc2c(Cl)ccc3nsnc23)cc(Cl)n1. The first-order valence-electron chi connectivity index (χ1n) is 5.91. The summed E-state index contributed by atoms with van der Waals surface area (Å²) in [4.78, 5) is 16.4. The molecule has 0 aliphatic heterocycles. The van der Waals surface area contributed by atoms with Gasteiger partial charge in [0, 0.05) is 11.3 Å². The molecule has 5 nitrogen and oxygen atoms in total. The average molecular weight is 339 g/mol. The van der Waals surface area contributed by atoms with E-state index in [4.69, 9.17) is 23.2 Å². The molecule has 3 aromatic rings. The van der Waals surface area contributed by atoms with Crippen molar-refractivity contribution in [2.75, 3.05) is 5.32 Å². The number of aryl methyl sites for hydroxylation is 1. The van der Waals surface area contributed by atoms with Crippen molar-refractivity contribution in [3.63, 3.8) is 0 Å². The maximum atomic E-state index is 12.3. The maximum Gasteiger partial charge on any atom is 0.255 e. The molecule has 1 N–H and O–H groups in total. The van der Waals surface area contributed by atoms with Gasteiger partial charge in [-0.25, -0.2) is 4.98 Å². The van der Waals surface area contributed by atoms with E-state index < -0.39 is 0 Å². The number of carbonyl (C=O) groups excluding carboxylic acids is 1. The van der Waals surface area contributed by atoms with Gasteiger partial charge in [0.25, 0.3) is 5.91 Å². The van der Waals surface area contributed by atoms with Crippen molar-refractivity contribution in [2.24, 2.45) is 0 Å². The summed E-state index contributed by atoms with van der Waals surface area (Å²) in [7, 11) is 0. The number of nitrogens with one attached hydrogen (secondary N) is 1. The summed E-state index contributed by atoms with van der Waals surface area (Å²) in [5, 5.41) is 3.42. The van der Waals surface area contributed by atoms with Crippen molar-refractivity contribution >= 4 is 57.6 Å². The molecule has 2 aromatic heterocycles. The predicted molar refractivity (Wildman–Crippen MR) is 84.4 cm³/mol. The van der Waals surface area contributed by atoms with Crippen LogP contribution < -0.4 is 5.32 Å². The Balaban J connectivity index is 2.00. The number of carbonyl (C=O) groups is 1. The second kappa shape index (κ2) is 5.55. The van der Waals surface area contributed by atoms with Gasteiger partial charge in [-0.1, -0.05) is 23.2 Å². The summed E-state index contributed by atoms with van der Waals surface area (Å²) >= 11 is 13.1. The molecule has 8 heteroatoms. The van der Waals surface area contributed by atoms with Crippen molar-refractivity contribution < 1.29 is 4.79 Å². The zero-order valence-corrected chi connectivity index (χ0v) is 13.1. The number of aromatic nitrogens is 3. The van der Waals surface area contributed by atoms with Gasteiger partial charge in [0.15, 0.2) is 0 Å². The van der Waals surface area contributed by atoms with E-state index >= 15 is 0 Å². The summed E-state index contributed by atoms with van der Waals surface area (Å²) in [6.45, 7) is 1.76. The topological polar surface area (TPSA) is 67.8 Å². The van der Waals surface area contributed by atoms with Crippen molar-refractivity contribution in [3.05, 3.63) is 45.7 Å². The van der Waals surface area contributed by atoms with E-state index in [-0.39, 0.29) is 11.1 Å². The van der Waals surface area contributed by atoms with Gasteiger partial charge in [0.2, 0.25) is 0 Å². The number of halogens is 2. The van der Waals surface area contributed by atoms with E-state index in [2.05, 4.69) is 19.0 Å². The lowest BCUT2D eigenvalue weighted by molar-refractivity contribution is 0.102. The fourth-order valence-electron chi connectivity index (χ4n) is 1.89. The van der Waals surface area contributed by atoms with Crippen molar-refractivity contribution in [1.29, 1.82) is 0 Å². The number of amides is 1. The van der Waals surface area contributed by atoms with Gasteiger partial charge >= 0.3 is 0 Å². The maximum absolute atomic E-state index is 12.3. The van der Waals surface area contributed by atoms with Crippen LogP contribution >= 0.6 is 34.9 Å². The van der Waals surface area contributed by atoms with E-state index in [1.807, 2.05) is 0 Å². The van der Waals surface area contributed by atoms with Gasteiger partial charge in [0.1, 0.15) is 16.2 Å². The Kier molecular flexibility index (Phi) is 3.75. The van der Waals surface area contributed by atoms with Crippen LogP contribution in [0.3, 0.4) is 0 Å². The molecule has 21 heavy (non-hydrogen) atoms. The smallest absolute Gasteiger partial charge is 0.255 e. The van der Waals surface area contributed by atoms with Gasteiger partial charge in [-0.15, -0.1) is 0 Å². The monoisotopic (exact) mass is 338 g/mol. The van der Waals surface area contributed by atoms with Gasteiger partial charge in [-0.3, -0.25) is 4.79 Å². The molecule has 2 heterocycles. The normalized spacial score (nSPS) is 10.8. The molecule has 0 aliphatic carbocycles. The summed E-state index contributed by atoms with van der Waals surface area (Å²) in [5.74, 6) is -0.329. The third-order valence-corrected chi connectivity index (χ3v) is 3.85. The van der Waals surface area contributed by atoms with Gasteiger partial charge < -0.3 is 5.32 Å². The summed E-state index contributed by atoms with van der Waals surface area (Å²) in [6.07, 6.45) is 0. The molecule has 0 saturated heterocycles. The average Bonchev–Trinajstić information content (AvgIpc) is 2.89. The van der Waals surface area contributed by atoms with E-state index in [0.717, 1.165) is 11.7 Å². The molecule has 0 aliphatic rings. The molecular formula is C13H8Cl2N4OS. The highest BCUT2D eigenvalue weighted by Crippen LogP contribution is 2.30. The molecule has 0 radical (unpaired) electrons. The van der Waals surface area contributed by atoms with E-state index in [1.165, 1.54) is 6.07 Å². The Morgan fingerprint density at radius 2 is 2.05 bits per heavy atom. The van der Waals surface area contributed by atoms with Crippen LogP contribution in [-0.2, 0) is 0 Å². The standard InChI is InChI=1S/C13H8Cl2N4OS/c1-6-4-7(5-10(15)16-6)13(20)17-11-8(14)2-3-9-12(11)19-21-18-9/h2-5H,1H3,(H,17,20). The molecular weight excluding hydrogens is 331 g/mol. The van der Waals surface area contributed by atoms with Gasteiger partial charge in [0.05, 0.1) is 22.4 Å². The molecule has 1 amide bonds. The van der Waals surface area contributed by atoms with Crippen LogP contribution in [0, 0.1) is 6.92 Å². The van der Waals surface area contributed by atoms with E-state index in [1.54, 1.807) is 25.1 Å². The number of rotatable bonds is 2. The number of benzene rings is 1. The second-order valence-corrected chi connectivity index (χ2v) is 5.65. The van der Waals surface area contributed by atoms with E-state index in [0.29, 0.717) is 33.0 Å². The highest BCUT2D eigenvalue weighted by atomic mass is 35.5. The molecule has 0 fully saturated rings. The molecule has 0 unspecified atom stereocenters. The third-order valence-electron chi connectivity index (χ3n) is 2.80. The van der Waals surface area contributed by atoms with Crippen molar-refractivity contribution in [2.45, 2.75) is 6.92 Å². The highest BCUT2D eigenvalue weighted by molar-refractivity contribution is 7.00. The molecule has 0 spiro atoms. The number of anilines is 1. The lowest BCUT2D eigenvalue weighted by Gasteiger charge is -2.08. The molecule has 1 aromatic carbocycles. The Morgan fingerprint density at radius 1 is 1.24 bits per heavy atom. The minimum Gasteiger partial charge on any atom is -0.319 e. The number of hydrogen-bond acceptors (Lipinski definition) is 5. The van der Waals surface area contributed by atoms with Crippen LogP contribution in [-0.4, -0.2) is 19.6 Å². The zero-order chi connectivity index (χ0) is 15.0. The minimum absolute atomic E-state index is 0.264. The number of pyridine rings is 1. The molecule has 0 saturated carbocycles. The highest BCUT2D eigenvalue weighted by Gasteiger charge is 2.15. The Morgan fingerprint density at radius 3 is 2.81 bits per heavy atom. The van der Waals surface area contributed by atoms with E-state index in [9.17, 15) is 4.79 Å². The lowest BCUT2D eigenvalue weighted by Crippen LogP contribution is -2.13. The summed E-state index contributed by atoms with van der Waals surface area (Å²) in [6, 6.07) is 6.57. The second-order valence-electron chi connectivity index (χ2n) is 4.33. The zero-order valence-electron chi connectivity index (χ0n) is 10.7. The van der Waals surface area contributed by atoms with Crippen LogP contribution in [0.2, 0.25) is 10.2 Å². The molecule has 3 rings (SSSR count). The Labute approximate surface area is 134 Å². The van der Waals surface area contributed by atoms with Crippen LogP contribution in [0.4, 0.5) is 5.69 Å². The summed E-state index contributed by atoms with van der Waals surface area (Å²) in [5.41, 5.74) is 2.76. The van der Waals surface area contributed by atoms with Crippen LogP contribution in [0.25, 0.3) is 11.0 Å². The Hall–Kier alpha value is -1.76. The predicted octanol–water partition coefficient (Wildman–Crippen LogP) is 3.95. The van der Waals surface area contributed by atoms with Gasteiger partial charge in [-0.05, 0) is 31.2 Å². The quantitative estimate of drug-likeness (QED) is 0.718. The molecule has 0 bridgehead atoms. The van der Waals surface area contributed by atoms with Crippen LogP contribution in [0.15, 0.2) is 24.3 Å². The first-order chi connectivity index (χ1) is 10.0. The number of fused-ring (bicyclic) bond motifs is 1. The van der Waals surface area contributed by atoms with Crippen molar-refractivity contribution in [3.8, 4) is 0 Å². The fraction of sp³-hybridized carbons (Fsp3) is 0.0769. The number of hydrogen-bond donors (Lipinski definition) is 1. The Bertz CT molecular complexity index is 829. The number of nitrogens with zero attached hydrogens (tertiary/aromatic N) is 3. The largest absolute Gasteiger partial charge is 0.319 e. The van der Waals surface area contributed by atoms with Crippen LogP contribution in [0.1, 0.15) is 16.1 Å². The summed E-state index contributed by atoms with van der Waals surface area (Å²) < 4.78 is 8.27. The van der Waals surface area contributed by atoms with Crippen LogP contribution in [0.5, 0.6) is 0 Å². The van der Waals surface area contributed by atoms with Crippen molar-refractivity contribution in [1.82, 2.24) is 13.7 Å². The minimum atomic E-state index is -0.329. The van der Waals surface area contributed by atoms with Gasteiger partial charge in [-0.2, -0.15) is 8.75 Å². The molecule has 106 valence electrons. The first-order valence-corrected chi connectivity index (χ1v) is 7.39. The lowest BCUT2D eigenvalue weighted by atomic mass is 10.2. The fourth-order valence-corrected chi connectivity index (χ4v) is 2.88. The third kappa shape index (κ3) is 2.83.